The monoisotopic (exact) mass is 565 g/mol. The van der Waals surface area contributed by atoms with E-state index in [2.05, 4.69) is 10.3 Å². The fraction of sp³-hybridized carbons (Fsp3) is 0.308. The number of carbonyl (C=O) groups is 3. The van der Waals surface area contributed by atoms with Gasteiger partial charge in [0.15, 0.2) is 0 Å². The highest BCUT2D eigenvalue weighted by Gasteiger charge is 2.60. The van der Waals surface area contributed by atoms with Gasteiger partial charge in [0.2, 0.25) is 5.88 Å². The Kier molecular flexibility index (Phi) is 6.86. The number of amides is 3. The lowest BCUT2D eigenvalue weighted by molar-refractivity contribution is -0.151. The van der Waals surface area contributed by atoms with Gasteiger partial charge in [0.05, 0.1) is 11.6 Å². The van der Waals surface area contributed by atoms with Gasteiger partial charge in [-0.25, -0.2) is 13.4 Å². The fourth-order valence-corrected chi connectivity index (χ4v) is 6.26. The maximum absolute atomic E-state index is 13.2. The molecule has 2 aliphatic rings. The van der Waals surface area contributed by atoms with Crippen LogP contribution in [0, 0.1) is 11.3 Å². The molecular formula is C26H23N5O8S. The van der Waals surface area contributed by atoms with Crippen LogP contribution in [0.5, 0.6) is 5.88 Å². The average molecular weight is 566 g/mol. The second kappa shape index (κ2) is 10.2. The second-order valence-electron chi connectivity index (χ2n) is 9.49. The van der Waals surface area contributed by atoms with Crippen molar-refractivity contribution in [3.63, 3.8) is 0 Å². The van der Waals surface area contributed by atoms with Gasteiger partial charge in [-0.2, -0.15) is 9.57 Å². The smallest absolute Gasteiger partial charge is 0.269 e. The Morgan fingerprint density at radius 3 is 2.45 bits per heavy atom. The Balaban J connectivity index is 1.37. The van der Waals surface area contributed by atoms with Gasteiger partial charge in [0.25, 0.3) is 33.3 Å². The topological polar surface area (TPSA) is 178 Å². The molecule has 1 N–H and O–H groups in total. The Labute approximate surface area is 228 Å². The molecule has 1 aliphatic heterocycles. The van der Waals surface area contributed by atoms with Crippen LogP contribution >= 0.6 is 0 Å². The van der Waals surface area contributed by atoms with Gasteiger partial charge in [-0.3, -0.25) is 19.2 Å². The highest BCUT2D eigenvalue weighted by Crippen LogP contribution is 2.46. The van der Waals surface area contributed by atoms with Gasteiger partial charge < -0.3 is 19.4 Å². The number of ether oxygens (including phenoxy) is 2. The number of hydrogen-bond acceptors (Lipinski definition) is 10. The Morgan fingerprint density at radius 1 is 1.15 bits per heavy atom. The van der Waals surface area contributed by atoms with E-state index in [-0.39, 0.29) is 40.7 Å². The number of sulfonamides is 1. The number of rotatable bonds is 8. The number of hydrogen-bond donors (Lipinski definition) is 1. The lowest BCUT2D eigenvalue weighted by Crippen LogP contribution is -2.54. The summed E-state index contributed by atoms with van der Waals surface area (Å²) in [6.07, 6.45) is 1.73. The van der Waals surface area contributed by atoms with E-state index in [9.17, 15) is 27.6 Å². The highest BCUT2D eigenvalue weighted by atomic mass is 32.2. The van der Waals surface area contributed by atoms with Gasteiger partial charge in [0.1, 0.15) is 35.6 Å². The Hall–Kier alpha value is -4.61. The van der Waals surface area contributed by atoms with Gasteiger partial charge >= 0.3 is 0 Å². The Bertz CT molecular complexity index is 1740. The van der Waals surface area contributed by atoms with Crippen molar-refractivity contribution >= 4 is 38.6 Å². The third kappa shape index (κ3) is 4.69. The summed E-state index contributed by atoms with van der Waals surface area (Å²) >= 11 is 0. The van der Waals surface area contributed by atoms with Crippen molar-refractivity contribution in [3.8, 4) is 11.9 Å². The maximum Gasteiger partial charge on any atom is 0.269 e. The zero-order valence-corrected chi connectivity index (χ0v) is 22.1. The minimum Gasteiger partial charge on any atom is -0.474 e. The van der Waals surface area contributed by atoms with Crippen LogP contribution in [-0.2, 0) is 37.9 Å². The molecule has 206 valence electrons. The summed E-state index contributed by atoms with van der Waals surface area (Å²) in [6.45, 7) is -1.29. The minimum atomic E-state index is -4.38. The number of fused-ring (bicyclic) bond motifs is 1. The first-order valence-electron chi connectivity index (χ1n) is 12.1. The molecule has 2 fully saturated rings. The largest absolute Gasteiger partial charge is 0.474 e. The van der Waals surface area contributed by atoms with E-state index in [1.54, 1.807) is 30.3 Å². The lowest BCUT2D eigenvalue weighted by Gasteiger charge is -2.28. The van der Waals surface area contributed by atoms with Gasteiger partial charge in [-0.15, -0.1) is 0 Å². The van der Waals surface area contributed by atoms with Crippen molar-refractivity contribution in [2.45, 2.75) is 24.1 Å². The van der Waals surface area contributed by atoms with E-state index in [1.807, 2.05) is 6.07 Å². The Morgan fingerprint density at radius 2 is 1.82 bits per heavy atom. The first-order chi connectivity index (χ1) is 19.1. The van der Waals surface area contributed by atoms with E-state index in [0.717, 1.165) is 5.56 Å². The number of nitrogens with one attached hydrogen (secondary N) is 1. The molecule has 0 spiro atoms. The number of imide groups is 1. The molecule has 2 aromatic heterocycles. The molecule has 13 nitrogen and oxygen atoms in total. The summed E-state index contributed by atoms with van der Waals surface area (Å²) in [5.41, 5.74) is 0.725. The van der Waals surface area contributed by atoms with Crippen molar-refractivity contribution in [1.29, 1.82) is 5.26 Å². The highest BCUT2D eigenvalue weighted by molar-refractivity contribution is 7.92. The van der Waals surface area contributed by atoms with E-state index in [4.69, 9.17) is 14.7 Å². The molecule has 40 heavy (non-hydrogen) atoms. The number of nitriles is 1. The molecule has 3 aromatic rings. The predicted octanol–water partition coefficient (Wildman–Crippen LogP) is 0.362. The van der Waals surface area contributed by atoms with Crippen LogP contribution in [-0.4, -0.2) is 64.6 Å². The molecule has 14 heteroatoms. The van der Waals surface area contributed by atoms with E-state index < -0.39 is 57.9 Å². The summed E-state index contributed by atoms with van der Waals surface area (Å²) in [4.78, 5) is 54.5. The van der Waals surface area contributed by atoms with Crippen LogP contribution in [0.3, 0.4) is 0 Å². The SMILES string of the molecule is Cn1c(=O)c(C(=O)NCc2ccc(C#N)cc2)cc2ccnc(OCC3(S(=O)(=O)N4C(=O)COCC4=O)CC3)c21. The van der Waals surface area contributed by atoms with Crippen molar-refractivity contribution in [2.24, 2.45) is 7.05 Å². The summed E-state index contributed by atoms with van der Waals surface area (Å²) in [5, 5.41) is 12.1. The quantitative estimate of drug-likeness (QED) is 0.375. The number of morpholine rings is 1. The van der Waals surface area contributed by atoms with Crippen molar-refractivity contribution in [2.75, 3.05) is 19.8 Å². The second-order valence-corrected chi connectivity index (χ2v) is 11.7. The van der Waals surface area contributed by atoms with Crippen molar-refractivity contribution in [1.82, 2.24) is 19.2 Å². The van der Waals surface area contributed by atoms with Crippen molar-refractivity contribution in [3.05, 3.63) is 69.6 Å². The number of carbonyl (C=O) groups excluding carboxylic acids is 3. The van der Waals surface area contributed by atoms with Crippen molar-refractivity contribution < 1.29 is 32.3 Å². The molecule has 0 bridgehead atoms. The summed E-state index contributed by atoms with van der Waals surface area (Å²) in [5.74, 6) is -2.56. The predicted molar refractivity (Wildman–Crippen MR) is 138 cm³/mol. The fourth-order valence-electron chi connectivity index (χ4n) is 4.40. The minimum absolute atomic E-state index is 0.0391. The van der Waals surface area contributed by atoms with Crippen LogP contribution in [0.15, 0.2) is 47.4 Å². The molecule has 5 rings (SSSR count). The molecule has 0 unspecified atom stereocenters. The van der Waals surface area contributed by atoms with Crippen LogP contribution in [0.25, 0.3) is 10.9 Å². The van der Waals surface area contributed by atoms with Gasteiger partial charge in [-0.05, 0) is 42.7 Å². The van der Waals surface area contributed by atoms with Crippen LogP contribution in [0.2, 0.25) is 0 Å². The number of pyridine rings is 2. The third-order valence-electron chi connectivity index (χ3n) is 6.84. The number of benzene rings is 1. The standard InChI is InChI=1S/C26H23N5O8S/c1-30-22-18(10-19(25(30)35)23(34)29-12-17-4-2-16(11-27)3-5-17)6-9-28-24(22)39-15-26(7-8-26)40(36,37)31-20(32)13-38-14-21(31)33/h2-6,9-10H,7-8,12-15H2,1H3,(H,29,34). The molecule has 1 aliphatic carbocycles. The number of nitrogens with zero attached hydrogens (tertiary/aromatic N) is 4. The average Bonchev–Trinajstić information content (AvgIpc) is 3.74. The first kappa shape index (κ1) is 27.0. The number of aryl methyl sites for hydroxylation is 1. The van der Waals surface area contributed by atoms with Gasteiger partial charge in [0, 0.05) is 25.2 Å². The molecule has 3 amide bonds. The van der Waals surface area contributed by atoms with E-state index in [0.29, 0.717) is 10.9 Å². The van der Waals surface area contributed by atoms with Crippen LogP contribution in [0.4, 0.5) is 0 Å². The lowest BCUT2D eigenvalue weighted by atomic mass is 10.1. The zero-order valence-electron chi connectivity index (χ0n) is 21.2. The molecular weight excluding hydrogens is 542 g/mol. The van der Waals surface area contributed by atoms with Crippen LogP contribution in [0.1, 0.15) is 34.3 Å². The summed E-state index contributed by atoms with van der Waals surface area (Å²) in [6, 6.07) is 11.6. The zero-order chi connectivity index (χ0) is 28.7. The molecule has 1 saturated carbocycles. The van der Waals surface area contributed by atoms with E-state index in [1.165, 1.54) is 23.9 Å². The number of aromatic nitrogens is 2. The molecule has 3 heterocycles. The molecule has 1 saturated heterocycles. The maximum atomic E-state index is 13.2. The normalized spacial score (nSPS) is 16.4. The van der Waals surface area contributed by atoms with E-state index >= 15 is 0 Å². The molecule has 1 aromatic carbocycles. The van der Waals surface area contributed by atoms with Gasteiger partial charge in [-0.1, -0.05) is 12.1 Å². The molecule has 0 atom stereocenters. The summed E-state index contributed by atoms with van der Waals surface area (Å²) in [7, 11) is -2.94. The summed E-state index contributed by atoms with van der Waals surface area (Å²) < 4.78 is 37.0. The van der Waals surface area contributed by atoms with Crippen LogP contribution < -0.4 is 15.6 Å². The third-order valence-corrected chi connectivity index (χ3v) is 9.35. The molecule has 0 radical (unpaired) electrons. The first-order valence-corrected chi connectivity index (χ1v) is 13.6.